The van der Waals surface area contributed by atoms with E-state index in [1.54, 1.807) is 19.1 Å². The van der Waals surface area contributed by atoms with Gasteiger partial charge in [-0.05, 0) is 77.6 Å². The third-order valence-electron chi connectivity index (χ3n) is 7.06. The summed E-state index contributed by atoms with van der Waals surface area (Å²) in [4.78, 5) is 40.3. The van der Waals surface area contributed by atoms with Gasteiger partial charge in [-0.2, -0.15) is 0 Å². The molecule has 146 valence electrons. The average Bonchev–Trinajstić information content (AvgIpc) is 3.45. The highest BCUT2D eigenvalue weighted by atomic mass is 79.9. The molecule has 5 nitrogen and oxygen atoms in total. The van der Waals surface area contributed by atoms with Crippen LogP contribution < -0.4 is 5.32 Å². The van der Waals surface area contributed by atoms with Gasteiger partial charge in [0.05, 0.1) is 16.9 Å². The van der Waals surface area contributed by atoms with Crippen molar-refractivity contribution in [3.63, 3.8) is 0 Å². The van der Waals surface area contributed by atoms with Crippen LogP contribution in [0.4, 0.5) is 5.69 Å². The Morgan fingerprint density at radius 2 is 1.75 bits per heavy atom. The number of nitrogens with one attached hydrogen (secondary N) is 1. The smallest absolute Gasteiger partial charge is 0.247 e. The van der Waals surface area contributed by atoms with E-state index in [4.69, 9.17) is 11.6 Å². The van der Waals surface area contributed by atoms with Crippen molar-refractivity contribution < 1.29 is 14.4 Å². The summed E-state index contributed by atoms with van der Waals surface area (Å²) in [5.74, 6) is 0.0756. The van der Waals surface area contributed by atoms with Gasteiger partial charge in [0.1, 0.15) is 6.04 Å². The topological polar surface area (TPSA) is 66.5 Å². The molecular weight excluding hydrogens is 444 g/mol. The molecular formula is C21H20BrClN2O3. The first-order valence-electron chi connectivity index (χ1n) is 9.62. The minimum Gasteiger partial charge on any atom is -0.324 e. The van der Waals surface area contributed by atoms with Crippen molar-refractivity contribution in [2.45, 2.75) is 26.3 Å². The Labute approximate surface area is 176 Å². The third kappa shape index (κ3) is 2.40. The molecule has 1 heterocycles. The van der Waals surface area contributed by atoms with E-state index in [1.165, 1.54) is 4.90 Å². The number of allylic oxidation sites excluding steroid dienone is 2. The molecule has 5 aliphatic rings. The number of hydrogen-bond acceptors (Lipinski definition) is 3. The first-order valence-corrected chi connectivity index (χ1v) is 10.8. The number of carbonyl (C=O) groups is 3. The Hall–Kier alpha value is -1.66. The van der Waals surface area contributed by atoms with Gasteiger partial charge in [-0.15, -0.1) is 0 Å². The summed E-state index contributed by atoms with van der Waals surface area (Å²) in [7, 11) is 0. The molecule has 4 aliphatic carbocycles. The van der Waals surface area contributed by atoms with E-state index in [0.29, 0.717) is 22.5 Å². The SMILES string of the molecule is Cc1c(NC(=O)[C@H](C)N2C(=O)[C@@H]3[C@H]4C=C[C@@H]([C@@H]5C[C@H]45)[C@@H]3C2=O)ccc(Br)c1Cl. The monoisotopic (exact) mass is 462 g/mol. The fourth-order valence-corrected chi connectivity index (χ4v) is 6.10. The van der Waals surface area contributed by atoms with Gasteiger partial charge in [0, 0.05) is 10.2 Å². The molecule has 0 spiro atoms. The van der Waals surface area contributed by atoms with Crippen molar-refractivity contribution in [2.24, 2.45) is 35.5 Å². The van der Waals surface area contributed by atoms with E-state index in [9.17, 15) is 14.4 Å². The Morgan fingerprint density at radius 3 is 2.32 bits per heavy atom. The van der Waals surface area contributed by atoms with Crippen molar-refractivity contribution >= 4 is 50.9 Å². The molecule has 3 fully saturated rings. The zero-order chi connectivity index (χ0) is 19.9. The number of likely N-dealkylation sites (tertiary alicyclic amines) is 1. The molecule has 2 bridgehead atoms. The van der Waals surface area contributed by atoms with Gasteiger partial charge < -0.3 is 5.32 Å². The van der Waals surface area contributed by atoms with Crippen LogP contribution in [0.3, 0.4) is 0 Å². The number of carbonyl (C=O) groups excluding carboxylic acids is 3. The molecule has 28 heavy (non-hydrogen) atoms. The molecule has 1 saturated heterocycles. The molecule has 7 heteroatoms. The summed E-state index contributed by atoms with van der Waals surface area (Å²) < 4.78 is 0.744. The zero-order valence-corrected chi connectivity index (χ0v) is 17.8. The first kappa shape index (κ1) is 18.4. The van der Waals surface area contributed by atoms with Crippen molar-refractivity contribution in [2.75, 3.05) is 5.32 Å². The number of amides is 3. The lowest BCUT2D eigenvalue weighted by atomic mass is 9.63. The second kappa shape index (κ2) is 6.17. The van der Waals surface area contributed by atoms with Crippen LogP contribution in [0, 0.1) is 42.4 Å². The predicted octanol–water partition coefficient (Wildman–Crippen LogP) is 3.79. The molecule has 1 aromatic carbocycles. The molecule has 1 aliphatic heterocycles. The lowest BCUT2D eigenvalue weighted by molar-refractivity contribution is -0.146. The van der Waals surface area contributed by atoms with Gasteiger partial charge in [0.25, 0.3) is 0 Å². The first-order chi connectivity index (χ1) is 13.3. The average molecular weight is 464 g/mol. The molecule has 1 N–H and O–H groups in total. The summed E-state index contributed by atoms with van der Waals surface area (Å²) in [5.41, 5.74) is 1.30. The van der Waals surface area contributed by atoms with Crippen LogP contribution in [0.25, 0.3) is 0 Å². The minimum atomic E-state index is -0.858. The van der Waals surface area contributed by atoms with Crippen molar-refractivity contribution in [1.29, 1.82) is 0 Å². The summed E-state index contributed by atoms with van der Waals surface area (Å²) in [6, 6.07) is 2.65. The highest BCUT2D eigenvalue weighted by molar-refractivity contribution is 9.10. The highest BCUT2D eigenvalue weighted by Crippen LogP contribution is 2.65. The Bertz CT molecular complexity index is 925. The number of halogens is 2. The molecule has 6 rings (SSSR count). The van der Waals surface area contributed by atoms with Gasteiger partial charge in [0.2, 0.25) is 17.7 Å². The number of anilines is 1. The van der Waals surface area contributed by atoms with Gasteiger partial charge in [-0.1, -0.05) is 23.8 Å². The molecule has 0 unspecified atom stereocenters. The molecule has 0 radical (unpaired) electrons. The molecule has 3 amide bonds. The van der Waals surface area contributed by atoms with Gasteiger partial charge in [0.15, 0.2) is 0 Å². The van der Waals surface area contributed by atoms with Crippen LogP contribution in [-0.4, -0.2) is 28.7 Å². The van der Waals surface area contributed by atoms with Crippen LogP contribution in [0.5, 0.6) is 0 Å². The van der Waals surface area contributed by atoms with Crippen molar-refractivity contribution in [1.82, 2.24) is 4.90 Å². The normalized spacial score (nSPS) is 35.6. The fourth-order valence-electron chi connectivity index (χ4n) is 5.50. The maximum absolute atomic E-state index is 13.1. The van der Waals surface area contributed by atoms with Gasteiger partial charge >= 0.3 is 0 Å². The summed E-state index contributed by atoms with van der Waals surface area (Å²) in [6.07, 6.45) is 5.38. The fraction of sp³-hybridized carbons (Fsp3) is 0.476. The third-order valence-corrected chi connectivity index (χ3v) is 8.44. The van der Waals surface area contributed by atoms with Crippen LogP contribution in [-0.2, 0) is 14.4 Å². The number of rotatable bonds is 3. The van der Waals surface area contributed by atoms with Gasteiger partial charge in [-0.3, -0.25) is 19.3 Å². The molecule has 2 saturated carbocycles. The maximum atomic E-state index is 13.1. The second-order valence-electron chi connectivity index (χ2n) is 8.40. The van der Waals surface area contributed by atoms with E-state index >= 15 is 0 Å². The van der Waals surface area contributed by atoms with Crippen LogP contribution >= 0.6 is 27.5 Å². The number of benzene rings is 1. The van der Waals surface area contributed by atoms with E-state index in [-0.39, 0.29) is 41.4 Å². The van der Waals surface area contributed by atoms with E-state index in [2.05, 4.69) is 33.4 Å². The highest BCUT2D eigenvalue weighted by Gasteiger charge is 2.67. The van der Waals surface area contributed by atoms with Crippen LogP contribution in [0.1, 0.15) is 18.9 Å². The van der Waals surface area contributed by atoms with Gasteiger partial charge in [-0.25, -0.2) is 0 Å². The van der Waals surface area contributed by atoms with Crippen molar-refractivity contribution in [3.05, 3.63) is 39.3 Å². The Morgan fingerprint density at radius 1 is 1.18 bits per heavy atom. The predicted molar refractivity (Wildman–Crippen MR) is 109 cm³/mol. The lowest BCUT2D eigenvalue weighted by Gasteiger charge is -2.37. The number of hydrogen-bond donors (Lipinski definition) is 1. The van der Waals surface area contributed by atoms with E-state index < -0.39 is 6.04 Å². The summed E-state index contributed by atoms with van der Waals surface area (Å²) >= 11 is 9.59. The summed E-state index contributed by atoms with van der Waals surface area (Å²) in [6.45, 7) is 3.43. The van der Waals surface area contributed by atoms with E-state index in [1.807, 2.05) is 6.92 Å². The van der Waals surface area contributed by atoms with Crippen LogP contribution in [0.2, 0.25) is 5.02 Å². The standard InChI is InChI=1S/C21H20BrClN2O3/c1-8-15(6-5-14(22)18(8)23)24-19(26)9(2)25-20(27)16-10-3-4-11(13-7-12(10)13)17(16)21(25)28/h3-6,9-13,16-17H,7H2,1-2H3,(H,24,26)/t9-,10-,11-,12-,13+,16-,17+/m0/s1. The molecule has 0 aromatic heterocycles. The lowest BCUT2D eigenvalue weighted by Crippen LogP contribution is -2.46. The van der Waals surface area contributed by atoms with Crippen LogP contribution in [0.15, 0.2) is 28.8 Å². The number of nitrogens with zero attached hydrogens (tertiary/aromatic N) is 1. The zero-order valence-electron chi connectivity index (χ0n) is 15.5. The Kier molecular flexibility index (Phi) is 4.05. The van der Waals surface area contributed by atoms with E-state index in [0.717, 1.165) is 16.5 Å². The molecule has 7 atom stereocenters. The minimum absolute atomic E-state index is 0.157. The quantitative estimate of drug-likeness (QED) is 0.548. The molecule has 1 aromatic rings. The maximum Gasteiger partial charge on any atom is 0.247 e. The Balaban J connectivity index is 1.38. The largest absolute Gasteiger partial charge is 0.324 e. The second-order valence-corrected chi connectivity index (χ2v) is 9.63. The number of imide groups is 1. The van der Waals surface area contributed by atoms with Crippen molar-refractivity contribution in [3.8, 4) is 0 Å². The summed E-state index contributed by atoms with van der Waals surface area (Å²) in [5, 5.41) is 3.35.